The van der Waals surface area contributed by atoms with Gasteiger partial charge in [-0.1, -0.05) is 24.3 Å². The lowest BCUT2D eigenvalue weighted by Gasteiger charge is -2.07. The highest BCUT2D eigenvalue weighted by atomic mass is 19.1. The van der Waals surface area contributed by atoms with E-state index >= 15 is 0 Å². The van der Waals surface area contributed by atoms with Crippen molar-refractivity contribution in [2.24, 2.45) is 0 Å². The number of amides is 1. The van der Waals surface area contributed by atoms with Crippen LogP contribution < -0.4 is 5.32 Å². The number of imidazole rings is 2. The van der Waals surface area contributed by atoms with E-state index in [9.17, 15) is 9.18 Å². The number of hydrogen-bond donors (Lipinski definition) is 2. The smallest absolute Gasteiger partial charge is 0.251 e. The fourth-order valence-electron chi connectivity index (χ4n) is 3.51. The van der Waals surface area contributed by atoms with Crippen LogP contribution in [0.5, 0.6) is 0 Å². The Morgan fingerprint density at radius 3 is 2.66 bits per heavy atom. The summed E-state index contributed by atoms with van der Waals surface area (Å²) in [4.78, 5) is 28.3. The van der Waals surface area contributed by atoms with Crippen molar-refractivity contribution in [2.45, 2.75) is 6.42 Å². The molecule has 0 radical (unpaired) electrons. The number of aromatic amines is 1. The molecule has 2 N–H and O–H groups in total. The number of hydrogen-bond acceptors (Lipinski definition) is 4. The maximum absolute atomic E-state index is 13.6. The Kier molecular flexibility index (Phi) is 5.17. The molecule has 7 nitrogen and oxygen atoms in total. The van der Waals surface area contributed by atoms with Gasteiger partial charge in [-0.15, -0.1) is 0 Å². The predicted molar refractivity (Wildman–Crippen MR) is 118 cm³/mol. The third-order valence-electron chi connectivity index (χ3n) is 5.17. The molecule has 1 amide bonds. The number of aromatic nitrogens is 5. The van der Waals surface area contributed by atoms with Crippen molar-refractivity contribution in [2.75, 3.05) is 6.54 Å². The van der Waals surface area contributed by atoms with Crippen molar-refractivity contribution in [3.05, 3.63) is 96.7 Å². The molecule has 0 aliphatic heterocycles. The second-order valence-electron chi connectivity index (χ2n) is 7.32. The molecule has 158 valence electrons. The molecular formula is C24H19FN6O. The minimum atomic E-state index is -0.311. The van der Waals surface area contributed by atoms with Gasteiger partial charge in [-0.3, -0.25) is 14.2 Å². The first kappa shape index (κ1) is 19.6. The van der Waals surface area contributed by atoms with E-state index in [0.717, 1.165) is 16.8 Å². The number of carbonyl (C=O) groups is 1. The molecule has 0 aliphatic carbocycles. The van der Waals surface area contributed by atoms with Gasteiger partial charge in [0.2, 0.25) is 0 Å². The van der Waals surface area contributed by atoms with Crippen LogP contribution in [0.2, 0.25) is 0 Å². The van der Waals surface area contributed by atoms with Crippen LogP contribution in [-0.2, 0) is 6.42 Å². The SMILES string of the molecule is O=C(NCCc1cnc[nH]1)c1ccc(-c2ncc3cnc(-c4cccc(F)c4)cn23)cc1. The summed E-state index contributed by atoms with van der Waals surface area (Å²) in [6.07, 6.45) is 9.32. The number of carbonyl (C=O) groups excluding carboxylic acids is 1. The van der Waals surface area contributed by atoms with Crippen LogP contribution in [0, 0.1) is 5.82 Å². The first-order valence-corrected chi connectivity index (χ1v) is 10.1. The van der Waals surface area contributed by atoms with Gasteiger partial charge in [-0.25, -0.2) is 14.4 Å². The largest absolute Gasteiger partial charge is 0.352 e. The predicted octanol–water partition coefficient (Wildman–Crippen LogP) is 3.90. The molecule has 0 bridgehead atoms. The average Bonchev–Trinajstić information content (AvgIpc) is 3.49. The first-order chi connectivity index (χ1) is 15.7. The first-order valence-electron chi connectivity index (χ1n) is 10.1. The van der Waals surface area contributed by atoms with Gasteiger partial charge in [-0.05, 0) is 24.3 Å². The Morgan fingerprint density at radius 1 is 1.03 bits per heavy atom. The summed E-state index contributed by atoms with van der Waals surface area (Å²) in [7, 11) is 0. The highest BCUT2D eigenvalue weighted by Gasteiger charge is 2.11. The number of H-pyrrole nitrogens is 1. The zero-order valence-electron chi connectivity index (χ0n) is 17.0. The van der Waals surface area contributed by atoms with Gasteiger partial charge in [-0.2, -0.15) is 0 Å². The van der Waals surface area contributed by atoms with Gasteiger partial charge in [0, 0.05) is 47.7 Å². The second-order valence-corrected chi connectivity index (χ2v) is 7.32. The van der Waals surface area contributed by atoms with E-state index in [4.69, 9.17) is 0 Å². The number of fused-ring (bicyclic) bond motifs is 1. The van der Waals surface area contributed by atoms with E-state index < -0.39 is 0 Å². The topological polar surface area (TPSA) is 88.0 Å². The fraction of sp³-hybridized carbons (Fsp3) is 0.0833. The zero-order chi connectivity index (χ0) is 21.9. The van der Waals surface area contributed by atoms with E-state index in [1.165, 1.54) is 12.1 Å². The Balaban J connectivity index is 1.35. The standard InChI is InChI=1S/C24H19FN6O/c25-19-3-1-2-18(10-19)22-14-31-21(12-28-22)13-29-23(31)16-4-6-17(7-5-16)24(32)27-9-8-20-11-26-15-30-20/h1-7,10-15H,8-9H2,(H,26,30)(H,27,32). The average molecular weight is 426 g/mol. The monoisotopic (exact) mass is 426 g/mol. The molecule has 0 unspecified atom stereocenters. The third-order valence-corrected chi connectivity index (χ3v) is 5.17. The third kappa shape index (κ3) is 3.98. The fourth-order valence-corrected chi connectivity index (χ4v) is 3.51. The van der Waals surface area contributed by atoms with Crippen molar-refractivity contribution in [1.82, 2.24) is 29.7 Å². The quantitative estimate of drug-likeness (QED) is 0.431. The number of nitrogens with zero attached hydrogens (tertiary/aromatic N) is 4. The van der Waals surface area contributed by atoms with Crippen molar-refractivity contribution in [1.29, 1.82) is 0 Å². The van der Waals surface area contributed by atoms with Crippen LogP contribution in [0.15, 0.2) is 79.6 Å². The normalized spacial score (nSPS) is 11.0. The lowest BCUT2D eigenvalue weighted by molar-refractivity contribution is 0.0954. The van der Waals surface area contributed by atoms with E-state index in [1.807, 2.05) is 28.8 Å². The summed E-state index contributed by atoms with van der Waals surface area (Å²) >= 11 is 0. The van der Waals surface area contributed by atoms with Gasteiger partial charge >= 0.3 is 0 Å². The molecule has 0 fully saturated rings. The molecule has 3 heterocycles. The molecule has 0 aliphatic rings. The minimum absolute atomic E-state index is 0.137. The molecule has 0 atom stereocenters. The molecule has 0 spiro atoms. The van der Waals surface area contributed by atoms with Crippen LogP contribution in [0.4, 0.5) is 4.39 Å². The molecule has 32 heavy (non-hydrogen) atoms. The highest BCUT2D eigenvalue weighted by molar-refractivity contribution is 5.94. The second kappa shape index (κ2) is 8.43. The molecular weight excluding hydrogens is 407 g/mol. The number of nitrogens with one attached hydrogen (secondary N) is 2. The minimum Gasteiger partial charge on any atom is -0.352 e. The summed E-state index contributed by atoms with van der Waals surface area (Å²) in [5, 5.41) is 2.90. The zero-order valence-corrected chi connectivity index (χ0v) is 17.0. The van der Waals surface area contributed by atoms with Crippen molar-refractivity contribution in [3.63, 3.8) is 0 Å². The molecule has 0 saturated carbocycles. The lowest BCUT2D eigenvalue weighted by Crippen LogP contribution is -2.25. The number of benzene rings is 2. The summed E-state index contributed by atoms with van der Waals surface area (Å²) in [6.45, 7) is 0.517. The highest BCUT2D eigenvalue weighted by Crippen LogP contribution is 2.24. The van der Waals surface area contributed by atoms with Crippen LogP contribution in [0.25, 0.3) is 28.2 Å². The van der Waals surface area contributed by atoms with Gasteiger partial charge in [0.15, 0.2) is 0 Å². The Bertz CT molecular complexity index is 1380. The molecule has 8 heteroatoms. The molecule has 0 saturated heterocycles. The summed E-state index contributed by atoms with van der Waals surface area (Å²) in [6, 6.07) is 13.6. The van der Waals surface area contributed by atoms with E-state index in [2.05, 4.69) is 25.3 Å². The van der Waals surface area contributed by atoms with Crippen LogP contribution in [-0.4, -0.2) is 36.8 Å². The Labute approximate surface area is 183 Å². The Hall–Kier alpha value is -4.33. The van der Waals surface area contributed by atoms with Crippen molar-refractivity contribution >= 4 is 11.4 Å². The van der Waals surface area contributed by atoms with Gasteiger partial charge < -0.3 is 10.3 Å². The van der Waals surface area contributed by atoms with Crippen molar-refractivity contribution in [3.8, 4) is 22.6 Å². The number of rotatable bonds is 6. The van der Waals surface area contributed by atoms with Crippen LogP contribution in [0.3, 0.4) is 0 Å². The molecule has 2 aromatic carbocycles. The van der Waals surface area contributed by atoms with Crippen LogP contribution in [0.1, 0.15) is 16.1 Å². The summed E-state index contributed by atoms with van der Waals surface area (Å²) in [5.74, 6) is 0.265. The van der Waals surface area contributed by atoms with Gasteiger partial charge in [0.25, 0.3) is 5.91 Å². The summed E-state index contributed by atoms with van der Waals surface area (Å²) < 4.78 is 15.5. The molecule has 3 aromatic heterocycles. The van der Waals surface area contributed by atoms with Crippen molar-refractivity contribution < 1.29 is 9.18 Å². The van der Waals surface area contributed by atoms with Gasteiger partial charge in [0.05, 0.1) is 29.9 Å². The molecule has 5 rings (SSSR count). The van der Waals surface area contributed by atoms with E-state index in [1.54, 1.807) is 43.1 Å². The van der Waals surface area contributed by atoms with Gasteiger partial charge in [0.1, 0.15) is 11.6 Å². The van der Waals surface area contributed by atoms with Crippen LogP contribution >= 0.6 is 0 Å². The Morgan fingerprint density at radius 2 is 1.88 bits per heavy atom. The summed E-state index contributed by atoms with van der Waals surface area (Å²) in [5.41, 5.74) is 4.55. The maximum Gasteiger partial charge on any atom is 0.251 e. The number of halogens is 1. The van der Waals surface area contributed by atoms with E-state index in [-0.39, 0.29) is 11.7 Å². The lowest BCUT2D eigenvalue weighted by atomic mass is 10.1. The maximum atomic E-state index is 13.6. The molecule has 5 aromatic rings. The van der Waals surface area contributed by atoms with E-state index in [0.29, 0.717) is 35.6 Å².